The first kappa shape index (κ1) is 19.0. The predicted molar refractivity (Wildman–Crippen MR) is 84.1 cm³/mol. The maximum Gasteiger partial charge on any atom is 0.107 e. The molecule has 1 aliphatic heterocycles. The monoisotopic (exact) mass is 308 g/mol. The van der Waals surface area contributed by atoms with E-state index < -0.39 is 0 Å². The van der Waals surface area contributed by atoms with Crippen LogP contribution >= 0.6 is 24.8 Å². The summed E-state index contributed by atoms with van der Waals surface area (Å²) < 4.78 is 5.61. The van der Waals surface area contributed by atoms with Gasteiger partial charge in [-0.25, -0.2) is 0 Å². The number of nitrogens with two attached hydrogens (primary N) is 1. The molecule has 19 heavy (non-hydrogen) atoms. The van der Waals surface area contributed by atoms with Gasteiger partial charge in [-0.05, 0) is 51.6 Å². The Kier molecular flexibility index (Phi) is 9.86. The summed E-state index contributed by atoms with van der Waals surface area (Å²) in [7, 11) is 0. The standard InChI is InChI=1S/C14H24N2O.2ClH/c1-2-11-17-14-5-3-13(4-6-14)16-9-7-12(15)8-10-16;;/h1,12-14H,3-11,15H2;2*1H. The van der Waals surface area contributed by atoms with Gasteiger partial charge < -0.3 is 15.4 Å². The van der Waals surface area contributed by atoms with Crippen molar-refractivity contribution in [2.75, 3.05) is 19.7 Å². The Morgan fingerprint density at radius 3 is 2.16 bits per heavy atom. The lowest BCUT2D eigenvalue weighted by molar-refractivity contribution is 0.0186. The smallest absolute Gasteiger partial charge is 0.107 e. The van der Waals surface area contributed by atoms with E-state index in [0.29, 0.717) is 18.8 Å². The highest BCUT2D eigenvalue weighted by Gasteiger charge is 2.28. The summed E-state index contributed by atoms with van der Waals surface area (Å²) in [6.07, 6.45) is 12.8. The quantitative estimate of drug-likeness (QED) is 0.813. The van der Waals surface area contributed by atoms with Crippen LogP contribution in [0.25, 0.3) is 0 Å². The minimum atomic E-state index is 0. The Hall–Kier alpha value is 0.0200. The average molecular weight is 309 g/mol. The maximum atomic E-state index is 5.94. The Morgan fingerprint density at radius 2 is 1.63 bits per heavy atom. The summed E-state index contributed by atoms with van der Waals surface area (Å²) >= 11 is 0. The Bertz CT molecular complexity index is 267. The fourth-order valence-corrected chi connectivity index (χ4v) is 3.03. The Morgan fingerprint density at radius 1 is 1.05 bits per heavy atom. The second-order valence-corrected chi connectivity index (χ2v) is 5.32. The van der Waals surface area contributed by atoms with Crippen molar-refractivity contribution in [2.24, 2.45) is 5.73 Å². The molecule has 1 saturated carbocycles. The van der Waals surface area contributed by atoms with Gasteiger partial charge in [-0.2, -0.15) is 0 Å². The van der Waals surface area contributed by atoms with Crippen LogP contribution in [0, 0.1) is 12.3 Å². The predicted octanol–water partition coefficient (Wildman–Crippen LogP) is 2.21. The van der Waals surface area contributed by atoms with Gasteiger partial charge in [-0.1, -0.05) is 5.92 Å². The van der Waals surface area contributed by atoms with Gasteiger partial charge in [-0.15, -0.1) is 31.2 Å². The minimum absolute atomic E-state index is 0. The molecule has 1 heterocycles. The summed E-state index contributed by atoms with van der Waals surface area (Å²) in [5.74, 6) is 2.55. The number of hydrogen-bond donors (Lipinski definition) is 1. The first-order valence-electron chi connectivity index (χ1n) is 6.84. The largest absolute Gasteiger partial charge is 0.366 e. The van der Waals surface area contributed by atoms with Crippen LogP contribution in [-0.4, -0.2) is 42.8 Å². The molecule has 0 spiro atoms. The van der Waals surface area contributed by atoms with E-state index in [2.05, 4.69) is 10.8 Å². The van der Waals surface area contributed by atoms with Gasteiger partial charge in [0.15, 0.2) is 0 Å². The zero-order chi connectivity index (χ0) is 12.1. The van der Waals surface area contributed by atoms with E-state index in [-0.39, 0.29) is 24.8 Å². The highest BCUT2D eigenvalue weighted by molar-refractivity contribution is 5.85. The second kappa shape index (κ2) is 9.85. The van der Waals surface area contributed by atoms with E-state index in [1.54, 1.807) is 0 Å². The average Bonchev–Trinajstić information content (AvgIpc) is 2.38. The van der Waals surface area contributed by atoms with Gasteiger partial charge in [-0.3, -0.25) is 0 Å². The third kappa shape index (κ3) is 5.89. The molecule has 0 aromatic heterocycles. The van der Waals surface area contributed by atoms with Gasteiger partial charge in [0.2, 0.25) is 0 Å². The van der Waals surface area contributed by atoms with Crippen LogP contribution < -0.4 is 5.73 Å². The molecule has 0 atom stereocenters. The lowest BCUT2D eigenvalue weighted by atomic mass is 9.90. The van der Waals surface area contributed by atoms with Crippen LogP contribution in [0.1, 0.15) is 38.5 Å². The molecule has 0 amide bonds. The summed E-state index contributed by atoms with van der Waals surface area (Å²) in [4.78, 5) is 2.63. The fraction of sp³-hybridized carbons (Fsp3) is 0.857. The topological polar surface area (TPSA) is 38.5 Å². The molecule has 2 rings (SSSR count). The zero-order valence-electron chi connectivity index (χ0n) is 11.4. The minimum Gasteiger partial charge on any atom is -0.366 e. The number of hydrogen-bond acceptors (Lipinski definition) is 3. The van der Waals surface area contributed by atoms with Crippen LogP contribution in [0.3, 0.4) is 0 Å². The van der Waals surface area contributed by atoms with Crippen LogP contribution in [0.4, 0.5) is 0 Å². The molecule has 2 fully saturated rings. The van der Waals surface area contributed by atoms with Crippen molar-refractivity contribution in [3.8, 4) is 12.3 Å². The molecule has 1 aliphatic carbocycles. The van der Waals surface area contributed by atoms with Crippen molar-refractivity contribution in [2.45, 2.75) is 56.7 Å². The van der Waals surface area contributed by atoms with Gasteiger partial charge in [0, 0.05) is 12.1 Å². The van der Waals surface area contributed by atoms with Crippen molar-refractivity contribution in [1.82, 2.24) is 4.90 Å². The molecule has 1 saturated heterocycles. The molecule has 112 valence electrons. The first-order valence-corrected chi connectivity index (χ1v) is 6.84. The molecular formula is C14H26Cl2N2O. The molecule has 0 unspecified atom stereocenters. The third-order valence-corrected chi connectivity index (χ3v) is 4.14. The number of likely N-dealkylation sites (tertiary alicyclic amines) is 1. The molecule has 5 heteroatoms. The van der Waals surface area contributed by atoms with E-state index in [4.69, 9.17) is 16.9 Å². The number of ether oxygens (including phenoxy) is 1. The van der Waals surface area contributed by atoms with Crippen molar-refractivity contribution < 1.29 is 4.74 Å². The molecule has 0 radical (unpaired) electrons. The van der Waals surface area contributed by atoms with E-state index in [9.17, 15) is 0 Å². The van der Waals surface area contributed by atoms with Crippen molar-refractivity contribution in [3.63, 3.8) is 0 Å². The number of piperidine rings is 1. The molecule has 0 aromatic rings. The summed E-state index contributed by atoms with van der Waals surface area (Å²) in [5.41, 5.74) is 5.94. The second-order valence-electron chi connectivity index (χ2n) is 5.32. The van der Waals surface area contributed by atoms with E-state index in [1.807, 2.05) is 0 Å². The van der Waals surface area contributed by atoms with Gasteiger partial charge in [0.1, 0.15) is 6.61 Å². The zero-order valence-corrected chi connectivity index (χ0v) is 13.1. The molecule has 2 aliphatic rings. The molecule has 0 aromatic carbocycles. The fourth-order valence-electron chi connectivity index (χ4n) is 3.03. The normalized spacial score (nSPS) is 28.8. The van der Waals surface area contributed by atoms with E-state index in [0.717, 1.165) is 31.7 Å². The van der Waals surface area contributed by atoms with Crippen molar-refractivity contribution >= 4 is 24.8 Å². The first-order chi connectivity index (χ1) is 8.29. The van der Waals surface area contributed by atoms with Crippen molar-refractivity contribution in [3.05, 3.63) is 0 Å². The number of nitrogens with zero attached hydrogens (tertiary/aromatic N) is 1. The molecule has 2 N–H and O–H groups in total. The Labute approximate surface area is 129 Å². The summed E-state index contributed by atoms with van der Waals surface area (Å²) in [6.45, 7) is 2.83. The summed E-state index contributed by atoms with van der Waals surface area (Å²) in [5, 5.41) is 0. The van der Waals surface area contributed by atoms with Gasteiger partial charge >= 0.3 is 0 Å². The van der Waals surface area contributed by atoms with Crippen molar-refractivity contribution in [1.29, 1.82) is 0 Å². The maximum absolute atomic E-state index is 5.94. The van der Waals surface area contributed by atoms with Crippen LogP contribution in [0.5, 0.6) is 0 Å². The SMILES string of the molecule is C#CCOC1CCC(N2CCC(N)CC2)CC1.Cl.Cl. The molecule has 3 nitrogen and oxygen atoms in total. The molecule has 0 bridgehead atoms. The highest BCUT2D eigenvalue weighted by Crippen LogP contribution is 2.26. The van der Waals surface area contributed by atoms with Gasteiger partial charge in [0.25, 0.3) is 0 Å². The number of halogens is 2. The van der Waals surface area contributed by atoms with Crippen LogP contribution in [0.2, 0.25) is 0 Å². The lowest BCUT2D eigenvalue weighted by Gasteiger charge is -2.40. The van der Waals surface area contributed by atoms with Gasteiger partial charge in [0.05, 0.1) is 6.10 Å². The number of rotatable bonds is 3. The Balaban J connectivity index is 0.00000162. The number of terminal acetylenes is 1. The van der Waals surface area contributed by atoms with E-state index in [1.165, 1.54) is 25.9 Å². The third-order valence-electron chi connectivity index (χ3n) is 4.14. The van der Waals surface area contributed by atoms with Crippen LogP contribution in [-0.2, 0) is 4.74 Å². The van der Waals surface area contributed by atoms with E-state index >= 15 is 0 Å². The van der Waals surface area contributed by atoms with Crippen LogP contribution in [0.15, 0.2) is 0 Å². The highest BCUT2D eigenvalue weighted by atomic mass is 35.5. The summed E-state index contributed by atoms with van der Waals surface area (Å²) in [6, 6.07) is 1.19. The molecular weight excluding hydrogens is 283 g/mol. The lowest BCUT2D eigenvalue weighted by Crippen LogP contribution is -2.46.